The van der Waals surface area contributed by atoms with Crippen molar-refractivity contribution in [1.29, 1.82) is 0 Å². The van der Waals surface area contributed by atoms with Crippen LogP contribution in [0.15, 0.2) is 70.6 Å². The van der Waals surface area contributed by atoms with E-state index in [-0.39, 0.29) is 23.2 Å². The van der Waals surface area contributed by atoms with Crippen LogP contribution in [-0.4, -0.2) is 51.9 Å². The third kappa shape index (κ3) is 5.44. The first-order valence-electron chi connectivity index (χ1n) is 11.8. The minimum atomic E-state index is -4.03. The lowest BCUT2D eigenvalue weighted by Gasteiger charge is -2.24. The molecule has 0 radical (unpaired) electrons. The Bertz CT molecular complexity index is 1370. The summed E-state index contributed by atoms with van der Waals surface area (Å²) in [6.07, 6.45) is 0.702. The number of aliphatic imine (C=N–C) groups is 1. The topological polar surface area (TPSA) is 134 Å². The molecule has 1 aliphatic rings. The molecule has 4 rings (SSSR count). The van der Waals surface area contributed by atoms with Gasteiger partial charge in [-0.3, -0.25) is 9.79 Å². The van der Waals surface area contributed by atoms with Crippen LogP contribution in [0.25, 0.3) is 10.8 Å². The van der Waals surface area contributed by atoms with Gasteiger partial charge in [-0.15, -0.1) is 0 Å². The zero-order valence-corrected chi connectivity index (χ0v) is 21.3. The van der Waals surface area contributed by atoms with Crippen molar-refractivity contribution >= 4 is 38.3 Å². The fraction of sp³-hybridized carbons (Fsp3) is 0.308. The van der Waals surface area contributed by atoms with Crippen LogP contribution in [0.1, 0.15) is 24.0 Å². The maximum absolute atomic E-state index is 13.7. The number of guanidine groups is 1. The molecule has 0 spiro atoms. The summed E-state index contributed by atoms with van der Waals surface area (Å²) in [5.41, 5.74) is 13.9. The van der Waals surface area contributed by atoms with E-state index >= 15 is 0 Å². The largest absolute Gasteiger partial charge is 0.377 e. The van der Waals surface area contributed by atoms with Gasteiger partial charge in [-0.05, 0) is 36.1 Å². The summed E-state index contributed by atoms with van der Waals surface area (Å²) in [5.74, 6) is -0.311. The fourth-order valence-corrected chi connectivity index (χ4v) is 6.03. The molecule has 1 atom stereocenters. The molecule has 0 saturated carbocycles. The van der Waals surface area contributed by atoms with Crippen molar-refractivity contribution in [3.8, 4) is 0 Å². The highest BCUT2D eigenvalue weighted by Gasteiger charge is 2.32. The molecule has 3 aromatic rings. The Morgan fingerprint density at radius 3 is 2.28 bits per heavy atom. The fourth-order valence-electron chi connectivity index (χ4n) is 4.59. The number of hydrogen-bond donors (Lipinski definition) is 3. The van der Waals surface area contributed by atoms with Crippen molar-refractivity contribution in [3.05, 3.63) is 71.8 Å². The van der Waals surface area contributed by atoms with Gasteiger partial charge in [-0.2, -0.15) is 4.72 Å². The van der Waals surface area contributed by atoms with E-state index < -0.39 is 16.1 Å². The predicted octanol–water partition coefficient (Wildman–Crippen LogP) is 2.15. The van der Waals surface area contributed by atoms with E-state index in [4.69, 9.17) is 11.5 Å². The molecule has 0 aromatic heterocycles. The lowest BCUT2D eigenvalue weighted by Crippen LogP contribution is -2.47. The highest BCUT2D eigenvalue weighted by Crippen LogP contribution is 2.31. The summed E-state index contributed by atoms with van der Waals surface area (Å²) in [6.45, 7) is 1.19. The van der Waals surface area contributed by atoms with Gasteiger partial charge in [0.2, 0.25) is 15.9 Å². The number of sulfonamides is 1. The Hall–Kier alpha value is -3.63. The molecule has 1 aliphatic heterocycles. The average Bonchev–Trinajstić information content (AvgIpc) is 3.28. The molecule has 0 fully saturated rings. The van der Waals surface area contributed by atoms with Gasteiger partial charge in [0.1, 0.15) is 6.04 Å². The zero-order chi connectivity index (χ0) is 25.9. The van der Waals surface area contributed by atoms with Crippen molar-refractivity contribution in [2.45, 2.75) is 36.9 Å². The SMILES string of the molecule is CN(C)c1cccc2c(S(=O)(=O)N[C@@H](CCCN=C(N)N)C(=O)N3Cc4ccccc4C3)cccc12. The molecule has 1 heterocycles. The standard InChI is InChI=1S/C26H32N6O3S/c1-31(2)23-13-5-11-21-20(23)10-6-14-24(21)36(34,35)30-22(12-7-15-29-26(27)28)25(33)32-16-18-8-3-4-9-19(18)17-32/h3-6,8-11,13-14,22,30H,7,12,15-17H2,1-2H3,(H4,27,28,29)/t22-/m0/s1. The molecule has 0 saturated heterocycles. The molecular formula is C26H32N6O3S. The number of nitrogens with zero attached hydrogens (tertiary/aromatic N) is 3. The van der Waals surface area contributed by atoms with Gasteiger partial charge in [0.05, 0.1) is 4.90 Å². The number of benzene rings is 3. The van der Waals surface area contributed by atoms with Crippen molar-refractivity contribution < 1.29 is 13.2 Å². The number of nitrogens with two attached hydrogens (primary N) is 2. The van der Waals surface area contributed by atoms with Crippen LogP contribution in [0.5, 0.6) is 0 Å². The third-order valence-corrected chi connectivity index (χ3v) is 7.85. The maximum Gasteiger partial charge on any atom is 0.241 e. The molecule has 190 valence electrons. The zero-order valence-electron chi connectivity index (χ0n) is 20.5. The van der Waals surface area contributed by atoms with Crippen LogP contribution in [0.3, 0.4) is 0 Å². The Balaban J connectivity index is 1.63. The monoisotopic (exact) mass is 508 g/mol. The maximum atomic E-state index is 13.7. The van der Waals surface area contributed by atoms with Gasteiger partial charge in [0.25, 0.3) is 0 Å². The summed E-state index contributed by atoms with van der Waals surface area (Å²) in [6, 6.07) is 17.6. The summed E-state index contributed by atoms with van der Waals surface area (Å²) >= 11 is 0. The molecule has 0 unspecified atom stereocenters. The molecule has 3 aromatic carbocycles. The quantitative estimate of drug-likeness (QED) is 0.230. The van der Waals surface area contributed by atoms with Crippen LogP contribution in [0.4, 0.5) is 5.69 Å². The smallest absolute Gasteiger partial charge is 0.241 e. The molecule has 36 heavy (non-hydrogen) atoms. The number of hydrogen-bond acceptors (Lipinski definition) is 5. The number of carbonyl (C=O) groups is 1. The van der Waals surface area contributed by atoms with Crippen LogP contribution in [0, 0.1) is 0 Å². The highest BCUT2D eigenvalue weighted by molar-refractivity contribution is 7.89. The second-order valence-electron chi connectivity index (χ2n) is 9.11. The Labute approximate surface area is 211 Å². The summed E-state index contributed by atoms with van der Waals surface area (Å²) in [5, 5.41) is 1.41. The van der Waals surface area contributed by atoms with Gasteiger partial charge in [-0.1, -0.05) is 48.5 Å². The van der Waals surface area contributed by atoms with Crippen molar-refractivity contribution in [1.82, 2.24) is 9.62 Å². The highest BCUT2D eigenvalue weighted by atomic mass is 32.2. The van der Waals surface area contributed by atoms with Crippen LogP contribution < -0.4 is 21.1 Å². The summed E-state index contributed by atoms with van der Waals surface area (Å²) < 4.78 is 30.0. The van der Waals surface area contributed by atoms with Gasteiger partial charge in [-0.25, -0.2) is 8.42 Å². The Morgan fingerprint density at radius 1 is 1.00 bits per heavy atom. The van der Waals surface area contributed by atoms with Crippen molar-refractivity contribution in [2.75, 3.05) is 25.5 Å². The molecular weight excluding hydrogens is 476 g/mol. The van der Waals surface area contributed by atoms with Gasteiger partial charge in [0.15, 0.2) is 5.96 Å². The van der Waals surface area contributed by atoms with E-state index in [1.807, 2.05) is 61.5 Å². The summed E-state index contributed by atoms with van der Waals surface area (Å²) in [4.78, 5) is 21.3. The van der Waals surface area contributed by atoms with E-state index in [1.165, 1.54) is 0 Å². The summed E-state index contributed by atoms with van der Waals surface area (Å²) in [7, 11) is -0.205. The van der Waals surface area contributed by atoms with Crippen molar-refractivity contribution in [3.63, 3.8) is 0 Å². The number of rotatable bonds is 9. The minimum Gasteiger partial charge on any atom is -0.377 e. The van der Waals surface area contributed by atoms with E-state index in [0.717, 1.165) is 22.2 Å². The average molecular weight is 509 g/mol. The number of anilines is 1. The van der Waals surface area contributed by atoms with Crippen molar-refractivity contribution in [2.24, 2.45) is 16.5 Å². The third-order valence-electron chi connectivity index (χ3n) is 6.32. The molecule has 10 heteroatoms. The molecule has 5 N–H and O–H groups in total. The second-order valence-corrected chi connectivity index (χ2v) is 10.8. The van der Waals surface area contributed by atoms with E-state index in [1.54, 1.807) is 23.1 Å². The first-order chi connectivity index (χ1) is 17.2. The van der Waals surface area contributed by atoms with E-state index in [0.29, 0.717) is 31.4 Å². The normalized spacial score (nSPS) is 13.9. The van der Waals surface area contributed by atoms with Crippen LogP contribution >= 0.6 is 0 Å². The van der Waals surface area contributed by atoms with E-state index in [2.05, 4.69) is 9.71 Å². The second kappa shape index (κ2) is 10.5. The molecule has 0 bridgehead atoms. The molecule has 1 amide bonds. The number of amides is 1. The molecule has 0 aliphatic carbocycles. The number of carbonyl (C=O) groups excluding carboxylic acids is 1. The molecule has 9 nitrogen and oxygen atoms in total. The Kier molecular flexibility index (Phi) is 7.46. The number of nitrogens with one attached hydrogen (secondary N) is 1. The first kappa shape index (κ1) is 25.5. The van der Waals surface area contributed by atoms with Gasteiger partial charge < -0.3 is 21.3 Å². The lowest BCUT2D eigenvalue weighted by molar-refractivity contribution is -0.133. The van der Waals surface area contributed by atoms with Crippen LogP contribution in [-0.2, 0) is 27.9 Å². The lowest BCUT2D eigenvalue weighted by atomic mass is 10.1. The van der Waals surface area contributed by atoms with E-state index in [9.17, 15) is 13.2 Å². The van der Waals surface area contributed by atoms with Crippen LogP contribution in [0.2, 0.25) is 0 Å². The Morgan fingerprint density at radius 2 is 1.64 bits per heavy atom. The van der Waals surface area contributed by atoms with Gasteiger partial charge in [0, 0.05) is 50.2 Å². The first-order valence-corrected chi connectivity index (χ1v) is 13.3. The predicted molar refractivity (Wildman–Crippen MR) is 143 cm³/mol. The number of fused-ring (bicyclic) bond motifs is 2. The minimum absolute atomic E-state index is 0.0408. The van der Waals surface area contributed by atoms with Gasteiger partial charge >= 0.3 is 0 Å².